The van der Waals surface area contributed by atoms with Crippen LogP contribution in [0.4, 0.5) is 9.59 Å². The molecule has 0 aromatic carbocycles. The first kappa shape index (κ1) is 15.6. The summed E-state index contributed by atoms with van der Waals surface area (Å²) < 4.78 is 4.91. The quantitative estimate of drug-likeness (QED) is 0.815. The highest BCUT2D eigenvalue weighted by atomic mass is 16.6. The molecule has 1 rings (SSSR count). The summed E-state index contributed by atoms with van der Waals surface area (Å²) in [6.07, 6.45) is -0.318. The van der Waals surface area contributed by atoms with Crippen LogP contribution in [0.5, 0.6) is 0 Å². The standard InChI is InChI=1S/C13H25N3O3/c1-12(2,3)8-14-10(17)15-9-13(4,5)16-6-7-19-11(16)18/h6-9H2,1-5H3,(H2,14,15,17). The summed E-state index contributed by atoms with van der Waals surface area (Å²) in [5.74, 6) is 0. The van der Waals surface area contributed by atoms with Gasteiger partial charge in [-0.2, -0.15) is 0 Å². The Morgan fingerprint density at radius 3 is 2.26 bits per heavy atom. The molecule has 1 aliphatic rings. The number of nitrogens with zero attached hydrogens (tertiary/aromatic N) is 1. The lowest BCUT2D eigenvalue weighted by molar-refractivity contribution is 0.125. The van der Waals surface area contributed by atoms with Gasteiger partial charge >= 0.3 is 12.1 Å². The van der Waals surface area contributed by atoms with Crippen molar-refractivity contribution >= 4 is 12.1 Å². The highest BCUT2D eigenvalue weighted by molar-refractivity contribution is 5.74. The molecule has 6 heteroatoms. The molecule has 0 spiro atoms. The summed E-state index contributed by atoms with van der Waals surface area (Å²) in [5, 5.41) is 5.61. The van der Waals surface area contributed by atoms with Gasteiger partial charge in [0.15, 0.2) is 0 Å². The third kappa shape index (κ3) is 4.96. The molecule has 1 fully saturated rings. The minimum atomic E-state index is -0.452. The van der Waals surface area contributed by atoms with Crippen molar-refractivity contribution in [2.24, 2.45) is 5.41 Å². The van der Waals surface area contributed by atoms with Crippen LogP contribution >= 0.6 is 0 Å². The zero-order chi connectivity index (χ0) is 14.7. The molecule has 1 saturated heterocycles. The van der Waals surface area contributed by atoms with Gasteiger partial charge in [0.25, 0.3) is 0 Å². The van der Waals surface area contributed by atoms with Gasteiger partial charge in [-0.3, -0.25) is 4.90 Å². The molecule has 0 unspecified atom stereocenters. The lowest BCUT2D eigenvalue weighted by atomic mass is 9.97. The Morgan fingerprint density at radius 1 is 1.21 bits per heavy atom. The van der Waals surface area contributed by atoms with Crippen molar-refractivity contribution in [2.45, 2.75) is 40.2 Å². The van der Waals surface area contributed by atoms with E-state index in [9.17, 15) is 9.59 Å². The molecule has 0 aromatic heterocycles. The van der Waals surface area contributed by atoms with Gasteiger partial charge in [0.2, 0.25) is 0 Å². The van der Waals surface area contributed by atoms with Crippen molar-refractivity contribution in [3.8, 4) is 0 Å². The fraction of sp³-hybridized carbons (Fsp3) is 0.846. The Labute approximate surface area is 114 Å². The van der Waals surface area contributed by atoms with E-state index in [1.165, 1.54) is 0 Å². The van der Waals surface area contributed by atoms with Crippen LogP contribution in [-0.2, 0) is 4.74 Å². The monoisotopic (exact) mass is 271 g/mol. The summed E-state index contributed by atoms with van der Waals surface area (Å²) >= 11 is 0. The Bertz CT molecular complexity index is 348. The topological polar surface area (TPSA) is 70.7 Å². The van der Waals surface area contributed by atoms with Gasteiger partial charge in [0.05, 0.1) is 12.1 Å². The normalized spacial score (nSPS) is 16.3. The van der Waals surface area contributed by atoms with Crippen LogP contribution in [0.1, 0.15) is 34.6 Å². The number of ether oxygens (including phenoxy) is 1. The van der Waals surface area contributed by atoms with Crippen LogP contribution in [0, 0.1) is 5.41 Å². The van der Waals surface area contributed by atoms with E-state index in [0.29, 0.717) is 26.2 Å². The molecule has 3 amide bonds. The average molecular weight is 271 g/mol. The van der Waals surface area contributed by atoms with E-state index in [1.54, 1.807) is 4.90 Å². The average Bonchev–Trinajstić information content (AvgIpc) is 2.70. The SMILES string of the molecule is CC(C)(C)CNC(=O)NCC(C)(C)N1CCOC1=O. The van der Waals surface area contributed by atoms with Gasteiger partial charge in [0, 0.05) is 13.1 Å². The van der Waals surface area contributed by atoms with E-state index in [1.807, 2.05) is 13.8 Å². The van der Waals surface area contributed by atoms with Crippen molar-refractivity contribution in [1.29, 1.82) is 0 Å². The first-order valence-corrected chi connectivity index (χ1v) is 6.58. The maximum atomic E-state index is 11.7. The number of urea groups is 1. The van der Waals surface area contributed by atoms with Crippen molar-refractivity contribution in [2.75, 3.05) is 26.2 Å². The molecule has 0 bridgehead atoms. The Hall–Kier alpha value is -1.46. The molecular weight excluding hydrogens is 246 g/mol. The minimum Gasteiger partial charge on any atom is -0.448 e. The van der Waals surface area contributed by atoms with Gasteiger partial charge in [0.1, 0.15) is 6.61 Å². The molecule has 0 aliphatic carbocycles. The fourth-order valence-electron chi connectivity index (χ4n) is 1.74. The molecule has 0 radical (unpaired) electrons. The maximum Gasteiger partial charge on any atom is 0.410 e. The fourth-order valence-corrected chi connectivity index (χ4v) is 1.74. The van der Waals surface area contributed by atoms with E-state index >= 15 is 0 Å². The minimum absolute atomic E-state index is 0.0472. The van der Waals surface area contributed by atoms with Crippen LogP contribution < -0.4 is 10.6 Å². The number of rotatable bonds is 4. The van der Waals surface area contributed by atoms with Crippen LogP contribution in [0.15, 0.2) is 0 Å². The maximum absolute atomic E-state index is 11.7. The van der Waals surface area contributed by atoms with E-state index in [4.69, 9.17) is 4.74 Å². The van der Waals surface area contributed by atoms with Gasteiger partial charge < -0.3 is 15.4 Å². The zero-order valence-electron chi connectivity index (χ0n) is 12.5. The first-order chi connectivity index (χ1) is 8.62. The number of hydrogen-bond donors (Lipinski definition) is 2. The van der Waals surface area contributed by atoms with Gasteiger partial charge in [-0.1, -0.05) is 20.8 Å². The third-order valence-electron chi connectivity index (χ3n) is 2.95. The van der Waals surface area contributed by atoms with Crippen LogP contribution in [-0.4, -0.2) is 48.8 Å². The predicted octanol–water partition coefficient (Wildman–Crippen LogP) is 1.56. The Kier molecular flexibility index (Phi) is 4.66. The Balaban J connectivity index is 2.38. The summed E-state index contributed by atoms with van der Waals surface area (Å²) in [5.41, 5.74) is -0.404. The number of carbonyl (C=O) groups excluding carboxylic acids is 2. The van der Waals surface area contributed by atoms with Gasteiger partial charge in [-0.25, -0.2) is 9.59 Å². The molecule has 2 N–H and O–H groups in total. The van der Waals surface area contributed by atoms with Crippen LogP contribution in [0.3, 0.4) is 0 Å². The summed E-state index contributed by atoms with van der Waals surface area (Å²) in [6, 6.07) is -0.212. The van der Waals surface area contributed by atoms with Crippen LogP contribution in [0.25, 0.3) is 0 Å². The molecule has 110 valence electrons. The largest absolute Gasteiger partial charge is 0.448 e. The smallest absolute Gasteiger partial charge is 0.410 e. The lowest BCUT2D eigenvalue weighted by Gasteiger charge is -2.33. The predicted molar refractivity (Wildman–Crippen MR) is 73.0 cm³/mol. The van der Waals surface area contributed by atoms with E-state index in [0.717, 1.165) is 0 Å². The van der Waals surface area contributed by atoms with Crippen molar-refractivity contribution in [3.63, 3.8) is 0 Å². The van der Waals surface area contributed by atoms with Gasteiger partial charge in [-0.15, -0.1) is 0 Å². The molecule has 1 aliphatic heterocycles. The first-order valence-electron chi connectivity index (χ1n) is 6.58. The number of carbonyl (C=O) groups is 2. The molecule has 6 nitrogen and oxygen atoms in total. The second-order valence-corrected chi connectivity index (χ2v) is 6.68. The summed E-state index contributed by atoms with van der Waals surface area (Å²) in [7, 11) is 0. The van der Waals surface area contributed by atoms with Crippen molar-refractivity contribution < 1.29 is 14.3 Å². The highest BCUT2D eigenvalue weighted by Crippen LogP contribution is 2.18. The molecular formula is C13H25N3O3. The van der Waals surface area contributed by atoms with Crippen molar-refractivity contribution in [1.82, 2.24) is 15.5 Å². The van der Waals surface area contributed by atoms with E-state index in [-0.39, 0.29) is 17.5 Å². The third-order valence-corrected chi connectivity index (χ3v) is 2.95. The second kappa shape index (κ2) is 5.67. The summed E-state index contributed by atoms with van der Waals surface area (Å²) in [4.78, 5) is 24.8. The van der Waals surface area contributed by atoms with Crippen molar-refractivity contribution in [3.05, 3.63) is 0 Å². The number of nitrogens with one attached hydrogen (secondary N) is 2. The second-order valence-electron chi connectivity index (χ2n) is 6.68. The lowest BCUT2D eigenvalue weighted by Crippen LogP contribution is -2.53. The zero-order valence-corrected chi connectivity index (χ0v) is 12.5. The van der Waals surface area contributed by atoms with Gasteiger partial charge in [-0.05, 0) is 19.3 Å². The number of cyclic esters (lactones) is 1. The Morgan fingerprint density at radius 2 is 1.79 bits per heavy atom. The molecule has 19 heavy (non-hydrogen) atoms. The van der Waals surface area contributed by atoms with E-state index < -0.39 is 5.54 Å². The van der Waals surface area contributed by atoms with E-state index in [2.05, 4.69) is 31.4 Å². The molecule has 1 heterocycles. The molecule has 0 aromatic rings. The number of amides is 3. The number of hydrogen-bond acceptors (Lipinski definition) is 3. The van der Waals surface area contributed by atoms with Crippen LogP contribution in [0.2, 0.25) is 0 Å². The molecule has 0 atom stereocenters. The summed E-state index contributed by atoms with van der Waals surface area (Å²) in [6.45, 7) is 11.9. The molecule has 0 saturated carbocycles. The highest BCUT2D eigenvalue weighted by Gasteiger charge is 2.35.